The predicted octanol–water partition coefficient (Wildman–Crippen LogP) is 1.78. The fourth-order valence-electron chi connectivity index (χ4n) is 4.10. The summed E-state index contributed by atoms with van der Waals surface area (Å²) >= 11 is 0. The Morgan fingerprint density at radius 3 is 2.64 bits per heavy atom. The summed E-state index contributed by atoms with van der Waals surface area (Å²) in [6.45, 7) is 1.37. The van der Waals surface area contributed by atoms with E-state index in [-0.39, 0.29) is 42.6 Å². The standard InChI is InChI=1S/C21H30N4O3/c26-19(24-15-16-6-4-11-22-14-16)10-12-23-20(27)18-9-5-13-25(18)21(28)17-7-2-1-3-8-17/h4,6,11,14,17-18H,1-3,5,7-10,12-13,15H2,(H,23,27)(H,24,26). The molecule has 0 bridgehead atoms. The highest BCUT2D eigenvalue weighted by Crippen LogP contribution is 2.28. The van der Waals surface area contributed by atoms with Crippen molar-refractivity contribution < 1.29 is 14.4 Å². The van der Waals surface area contributed by atoms with Gasteiger partial charge in [0.1, 0.15) is 6.04 Å². The van der Waals surface area contributed by atoms with Crippen LogP contribution in [0, 0.1) is 5.92 Å². The van der Waals surface area contributed by atoms with Crippen molar-refractivity contribution in [3.63, 3.8) is 0 Å². The summed E-state index contributed by atoms with van der Waals surface area (Å²) in [6.07, 6.45) is 10.5. The molecule has 1 aliphatic heterocycles. The van der Waals surface area contributed by atoms with Crippen LogP contribution in [0.4, 0.5) is 0 Å². The van der Waals surface area contributed by atoms with Gasteiger partial charge in [0.25, 0.3) is 0 Å². The van der Waals surface area contributed by atoms with E-state index in [9.17, 15) is 14.4 Å². The van der Waals surface area contributed by atoms with Gasteiger partial charge >= 0.3 is 0 Å². The highest BCUT2D eigenvalue weighted by Gasteiger charge is 2.37. The molecule has 2 aliphatic rings. The Hall–Kier alpha value is -2.44. The lowest BCUT2D eigenvalue weighted by Crippen LogP contribution is -2.48. The molecule has 7 heteroatoms. The van der Waals surface area contributed by atoms with E-state index in [1.54, 1.807) is 17.3 Å². The van der Waals surface area contributed by atoms with Crippen LogP contribution >= 0.6 is 0 Å². The first kappa shape index (κ1) is 20.3. The zero-order valence-corrected chi connectivity index (χ0v) is 16.4. The molecule has 1 saturated carbocycles. The number of rotatable bonds is 7. The van der Waals surface area contributed by atoms with E-state index in [2.05, 4.69) is 15.6 Å². The van der Waals surface area contributed by atoms with Gasteiger partial charge in [-0.3, -0.25) is 19.4 Å². The van der Waals surface area contributed by atoms with Gasteiger partial charge in [0.2, 0.25) is 17.7 Å². The van der Waals surface area contributed by atoms with Gasteiger partial charge in [-0.2, -0.15) is 0 Å². The molecule has 3 amide bonds. The molecule has 3 rings (SSSR count). The molecule has 1 aliphatic carbocycles. The predicted molar refractivity (Wildman–Crippen MR) is 105 cm³/mol. The molecule has 2 N–H and O–H groups in total. The number of hydrogen-bond acceptors (Lipinski definition) is 4. The maximum Gasteiger partial charge on any atom is 0.242 e. The first-order valence-corrected chi connectivity index (χ1v) is 10.4. The first-order valence-electron chi connectivity index (χ1n) is 10.4. The Bertz CT molecular complexity index is 673. The van der Waals surface area contributed by atoms with Crippen LogP contribution in [0.2, 0.25) is 0 Å². The number of aromatic nitrogens is 1. The molecule has 152 valence electrons. The fourth-order valence-corrected chi connectivity index (χ4v) is 4.10. The minimum absolute atomic E-state index is 0.0837. The van der Waals surface area contributed by atoms with Gasteiger partial charge in [0.05, 0.1) is 0 Å². The number of hydrogen-bond donors (Lipinski definition) is 2. The van der Waals surface area contributed by atoms with E-state index in [0.29, 0.717) is 19.5 Å². The molecular weight excluding hydrogens is 356 g/mol. The van der Waals surface area contributed by atoms with Gasteiger partial charge < -0.3 is 15.5 Å². The van der Waals surface area contributed by atoms with E-state index in [1.165, 1.54) is 6.42 Å². The number of nitrogens with one attached hydrogen (secondary N) is 2. The first-order chi connectivity index (χ1) is 13.6. The number of pyridine rings is 1. The van der Waals surface area contributed by atoms with Crippen molar-refractivity contribution in [3.05, 3.63) is 30.1 Å². The van der Waals surface area contributed by atoms with Crippen LogP contribution in [0.1, 0.15) is 56.9 Å². The van der Waals surface area contributed by atoms with Gasteiger partial charge in [-0.25, -0.2) is 0 Å². The molecule has 1 atom stereocenters. The third-order valence-corrected chi connectivity index (χ3v) is 5.66. The van der Waals surface area contributed by atoms with Crippen molar-refractivity contribution in [2.45, 2.75) is 64.0 Å². The summed E-state index contributed by atoms with van der Waals surface area (Å²) in [5, 5.41) is 5.65. The molecular formula is C21H30N4O3. The molecule has 0 aromatic carbocycles. The number of amides is 3. The molecule has 1 unspecified atom stereocenters. The zero-order valence-electron chi connectivity index (χ0n) is 16.4. The SMILES string of the molecule is O=C(CCNC(=O)C1CCCN1C(=O)C1CCCCC1)NCc1cccnc1. The second-order valence-electron chi connectivity index (χ2n) is 7.70. The van der Waals surface area contributed by atoms with Crippen molar-refractivity contribution >= 4 is 17.7 Å². The van der Waals surface area contributed by atoms with Crippen molar-refractivity contribution in [3.8, 4) is 0 Å². The second-order valence-corrected chi connectivity index (χ2v) is 7.70. The average molecular weight is 386 g/mol. The number of likely N-dealkylation sites (tertiary alicyclic amines) is 1. The molecule has 1 aromatic heterocycles. The van der Waals surface area contributed by atoms with Crippen molar-refractivity contribution in [2.24, 2.45) is 5.92 Å². The van der Waals surface area contributed by atoms with Crippen LogP contribution in [0.25, 0.3) is 0 Å². The van der Waals surface area contributed by atoms with Gasteiger partial charge in [0, 0.05) is 44.4 Å². The summed E-state index contributed by atoms with van der Waals surface area (Å²) < 4.78 is 0. The Labute approximate surface area is 166 Å². The van der Waals surface area contributed by atoms with E-state index in [4.69, 9.17) is 0 Å². The summed E-state index contributed by atoms with van der Waals surface area (Å²) in [7, 11) is 0. The summed E-state index contributed by atoms with van der Waals surface area (Å²) in [4.78, 5) is 43.1. The van der Waals surface area contributed by atoms with E-state index in [1.807, 2.05) is 12.1 Å². The Kier molecular flexibility index (Phi) is 7.39. The fraction of sp³-hybridized carbons (Fsp3) is 0.619. The zero-order chi connectivity index (χ0) is 19.8. The second kappa shape index (κ2) is 10.2. The van der Waals surface area contributed by atoms with Crippen LogP contribution in [-0.2, 0) is 20.9 Å². The van der Waals surface area contributed by atoms with Crippen LogP contribution in [-0.4, -0.2) is 46.7 Å². The minimum Gasteiger partial charge on any atom is -0.354 e. The van der Waals surface area contributed by atoms with Crippen molar-refractivity contribution in [1.29, 1.82) is 0 Å². The molecule has 0 spiro atoms. The number of nitrogens with zero attached hydrogens (tertiary/aromatic N) is 2. The Balaban J connectivity index is 1.39. The van der Waals surface area contributed by atoms with Crippen LogP contribution in [0.5, 0.6) is 0 Å². The highest BCUT2D eigenvalue weighted by molar-refractivity contribution is 5.89. The van der Waals surface area contributed by atoms with Gasteiger partial charge in [-0.1, -0.05) is 25.3 Å². The van der Waals surface area contributed by atoms with Gasteiger partial charge in [0.15, 0.2) is 0 Å². The topological polar surface area (TPSA) is 91.4 Å². The molecule has 1 saturated heterocycles. The van der Waals surface area contributed by atoms with Crippen molar-refractivity contribution in [1.82, 2.24) is 20.5 Å². The van der Waals surface area contributed by atoms with E-state index in [0.717, 1.165) is 37.7 Å². The summed E-state index contributed by atoms with van der Waals surface area (Å²) in [6, 6.07) is 3.34. The molecule has 2 fully saturated rings. The molecule has 7 nitrogen and oxygen atoms in total. The quantitative estimate of drug-likeness (QED) is 0.747. The number of carbonyl (C=O) groups excluding carboxylic acids is 3. The minimum atomic E-state index is -0.382. The smallest absolute Gasteiger partial charge is 0.242 e. The van der Waals surface area contributed by atoms with Crippen molar-refractivity contribution in [2.75, 3.05) is 13.1 Å². The summed E-state index contributed by atoms with van der Waals surface area (Å²) in [5.41, 5.74) is 0.933. The Morgan fingerprint density at radius 2 is 1.89 bits per heavy atom. The third kappa shape index (κ3) is 5.53. The Morgan fingerprint density at radius 1 is 1.07 bits per heavy atom. The monoisotopic (exact) mass is 386 g/mol. The molecule has 28 heavy (non-hydrogen) atoms. The number of carbonyl (C=O) groups is 3. The summed E-state index contributed by atoms with van der Waals surface area (Å²) in [5.74, 6) is -0.0283. The molecule has 1 aromatic rings. The normalized spacial score (nSPS) is 20.0. The maximum atomic E-state index is 12.8. The van der Waals surface area contributed by atoms with E-state index >= 15 is 0 Å². The lowest BCUT2D eigenvalue weighted by molar-refractivity contribution is -0.142. The lowest BCUT2D eigenvalue weighted by Gasteiger charge is -2.30. The van der Waals surface area contributed by atoms with Gasteiger partial charge in [-0.05, 0) is 37.3 Å². The maximum absolute atomic E-state index is 12.8. The highest BCUT2D eigenvalue weighted by atomic mass is 16.2. The average Bonchev–Trinajstić information content (AvgIpc) is 3.23. The van der Waals surface area contributed by atoms with Gasteiger partial charge in [-0.15, -0.1) is 0 Å². The molecule has 0 radical (unpaired) electrons. The van der Waals surface area contributed by atoms with Crippen LogP contribution in [0.3, 0.4) is 0 Å². The van der Waals surface area contributed by atoms with Crippen LogP contribution in [0.15, 0.2) is 24.5 Å². The molecule has 2 heterocycles. The third-order valence-electron chi connectivity index (χ3n) is 5.66. The lowest BCUT2D eigenvalue weighted by atomic mass is 9.88. The van der Waals surface area contributed by atoms with E-state index < -0.39 is 0 Å². The largest absolute Gasteiger partial charge is 0.354 e. The van der Waals surface area contributed by atoms with Crippen LogP contribution < -0.4 is 10.6 Å².